The van der Waals surface area contributed by atoms with Gasteiger partial charge >= 0.3 is 0 Å². The van der Waals surface area contributed by atoms with Gasteiger partial charge < -0.3 is 9.64 Å². The number of Topliss-reactive ketones (excluding diaryl/α,β-unsaturated/α-hetero) is 2. The third-order valence-electron chi connectivity index (χ3n) is 23.8. The Balaban J connectivity index is 0.000000278. The summed E-state index contributed by atoms with van der Waals surface area (Å²) in [6.07, 6.45) is 5.52. The predicted octanol–water partition coefficient (Wildman–Crippen LogP) is 37.0. The fourth-order valence-electron chi connectivity index (χ4n) is 14.3. The normalized spacial score (nSPS) is 11.6. The van der Waals surface area contributed by atoms with Crippen LogP contribution >= 0.6 is 11.6 Å². The lowest BCUT2D eigenvalue weighted by Crippen LogP contribution is -2.31. The van der Waals surface area contributed by atoms with Gasteiger partial charge in [0.2, 0.25) is 0 Å². The second-order valence-electron chi connectivity index (χ2n) is 35.8. The Morgan fingerprint density at radius 3 is 0.966 bits per heavy atom. The number of nitrogens with zero attached hydrogens (tertiary/aromatic N) is 1. The molecule has 5 nitrogen and oxygen atoms in total. The van der Waals surface area contributed by atoms with E-state index >= 15 is 0 Å². The average Bonchev–Trinajstić information content (AvgIpc) is 0.824. The lowest BCUT2D eigenvalue weighted by Gasteiger charge is -2.26. The number of aryl methyl sites for hydroxylation is 18. The van der Waals surface area contributed by atoms with E-state index in [-0.39, 0.29) is 81.5 Å². The van der Waals surface area contributed by atoms with E-state index in [1.54, 1.807) is 105 Å². The number of carbonyl (C=O) groups is 3. The molecule has 16 aromatic carbocycles. The Kier molecular flexibility index (Phi) is 52.9. The van der Waals surface area contributed by atoms with E-state index in [1.165, 1.54) is 171 Å². The molecular formula is C128H137ClF11NO4. The van der Waals surface area contributed by atoms with Gasteiger partial charge in [-0.3, -0.25) is 14.4 Å². The number of hydrogen-bond acceptors (Lipinski definition) is 4. The number of carbonyl (C=O) groups excluding carboxylic acids is 3. The van der Waals surface area contributed by atoms with Crippen LogP contribution < -0.4 is 4.74 Å². The molecule has 1 saturated carbocycles. The van der Waals surface area contributed by atoms with Crippen LogP contribution in [0.1, 0.15) is 192 Å². The molecule has 0 aromatic heterocycles. The topological polar surface area (TPSA) is 63.7 Å². The van der Waals surface area contributed by atoms with Crippen molar-refractivity contribution in [3.8, 4) is 28.0 Å². The van der Waals surface area contributed by atoms with E-state index in [0.717, 1.165) is 123 Å². The third kappa shape index (κ3) is 44.4. The van der Waals surface area contributed by atoms with Crippen LogP contribution in [0.4, 0.5) is 48.3 Å². The van der Waals surface area contributed by atoms with Crippen LogP contribution in [0.2, 0.25) is 5.02 Å². The highest BCUT2D eigenvalue weighted by Crippen LogP contribution is 2.32. The number of amides is 1. The number of halogens is 12. The van der Waals surface area contributed by atoms with E-state index in [4.69, 9.17) is 16.3 Å². The maximum atomic E-state index is 13.1. The maximum absolute atomic E-state index is 13.1. The molecule has 0 heterocycles. The zero-order chi connectivity index (χ0) is 108. The highest BCUT2D eigenvalue weighted by molar-refractivity contribution is 6.33. The number of ether oxygens (including phenoxy) is 1. The van der Waals surface area contributed by atoms with Crippen molar-refractivity contribution in [2.75, 3.05) is 13.1 Å². The highest BCUT2D eigenvalue weighted by Gasteiger charge is 2.20. The molecule has 17 heteroatoms. The van der Waals surface area contributed by atoms with Gasteiger partial charge in [-0.2, -0.15) is 0 Å². The molecule has 17 rings (SSSR count). The van der Waals surface area contributed by atoms with Crippen LogP contribution in [0.15, 0.2) is 328 Å². The van der Waals surface area contributed by atoms with Crippen molar-refractivity contribution in [1.29, 1.82) is 0 Å². The van der Waals surface area contributed by atoms with Gasteiger partial charge in [0.05, 0.1) is 6.10 Å². The van der Waals surface area contributed by atoms with E-state index in [0.29, 0.717) is 46.3 Å². The SMILES string of the molecule is CC(=O)c1cc([18F])ccc1C.CC(=O)c1cc([18F])ccc1C.CC1CCC(Oc2ccccc2)CC1.CCN(CC)C(=O)c1cc([18F])ccc1C.Cc1cc(C)c([18F])c(C)c1.Cc1ccc(-c2ccccc2)cc1.Cc1ccc([18F])cc1-c1ccccc1Cl.Cc1ccc([18F])cc1C.Cc1ccc([18F])cc1C.Cc1ccc([18F])cc1C.Cc1ccc([18F])cc1C.Cc1ccc([18F])cc1C.[18F]c1cccc2ccccc12. The minimum atomic E-state index is -0.365. The number of para-hydroxylation sites is 1. The van der Waals surface area contributed by atoms with Crippen molar-refractivity contribution in [1.82, 2.24) is 4.90 Å². The molecular weight excluding hydrogens is 1850 g/mol. The van der Waals surface area contributed by atoms with Crippen molar-refractivity contribution in [3.63, 3.8) is 0 Å². The first-order valence-corrected chi connectivity index (χ1v) is 48.5. The maximum Gasteiger partial charge on any atom is 0.254 e. The number of fused-ring (bicyclic) bond motifs is 1. The summed E-state index contributed by atoms with van der Waals surface area (Å²) >= 11 is 6.06. The van der Waals surface area contributed by atoms with E-state index in [9.17, 15) is 62.7 Å². The van der Waals surface area contributed by atoms with Gasteiger partial charge in [-0.25, -0.2) is 48.3 Å². The zero-order valence-corrected chi connectivity index (χ0v) is 88.4. The standard InChI is InChI=1S/C13H10ClF.C13H18O.C13H12.C12H16FNO.C10H7F.2C9H9FO.C9H11F.5C8H9F/c1-9-6-7-10(15)8-12(9)11-4-2-3-5-13(11)14;1-11-7-9-13(10-8-11)14-12-5-3-2-4-6-12;1-11-7-9-13(10-8-11)12-5-3-2-4-6-12;1-4-14(5-2)12(15)11-8-10(13)7-6-9(11)3;11-10-7-3-5-8-4-1-2-6-9(8)10;2*1-6-3-4-8(10)5-9(6)7(2)11;1-6-4-7(2)9(10)8(3)5-6;5*1-6-3-4-8(9)5-7(6)2/h2-8H,1H3;2-6,11,13H,7-10H2,1H3;2-10H,1H3;6-8H,4-5H2,1-3H3;1-7H;2*3-5H,1-2H3;4-5H,1-3H3;5*3-5H,1-2H3/i15-1;;;13-1;11-1;3*10-1;5*9-1. The summed E-state index contributed by atoms with van der Waals surface area (Å²) in [6.45, 7) is 44.6. The Hall–Kier alpha value is -14.1. The van der Waals surface area contributed by atoms with Crippen LogP contribution in [-0.2, 0) is 0 Å². The molecule has 1 aliphatic carbocycles. The first kappa shape index (κ1) is 121. The first-order valence-electron chi connectivity index (χ1n) is 48.1. The van der Waals surface area contributed by atoms with Gasteiger partial charge in [0.1, 0.15) is 69.7 Å². The van der Waals surface area contributed by atoms with Crippen LogP contribution in [0.25, 0.3) is 33.0 Å². The molecule has 0 radical (unpaired) electrons. The Morgan fingerprint density at radius 2 is 0.607 bits per heavy atom. The minimum Gasteiger partial charge on any atom is -0.490 e. The van der Waals surface area contributed by atoms with Gasteiger partial charge in [0.15, 0.2) is 11.6 Å². The second kappa shape index (κ2) is 63.1. The quantitative estimate of drug-likeness (QED) is 0.107. The molecule has 1 fully saturated rings. The summed E-state index contributed by atoms with van der Waals surface area (Å²) in [6, 6.07) is 94.3. The minimum absolute atomic E-state index is 0.0781. The highest BCUT2D eigenvalue weighted by atomic mass is 35.5. The number of hydrogen-bond donors (Lipinski definition) is 0. The van der Waals surface area contributed by atoms with Gasteiger partial charge in [0.25, 0.3) is 5.91 Å². The third-order valence-corrected chi connectivity index (χ3v) is 24.2. The molecule has 0 unspecified atom stereocenters. The Morgan fingerprint density at radius 1 is 0.290 bits per heavy atom. The number of ketones is 2. The summed E-state index contributed by atoms with van der Waals surface area (Å²) in [5.41, 5.74) is 23.8. The first-order chi connectivity index (χ1) is 68.7. The van der Waals surface area contributed by atoms with E-state index in [2.05, 4.69) is 62.4 Å². The van der Waals surface area contributed by atoms with Gasteiger partial charge in [-0.05, 0) is 428 Å². The Labute approximate surface area is 858 Å². The van der Waals surface area contributed by atoms with Gasteiger partial charge in [0, 0.05) is 45.8 Å². The zero-order valence-electron chi connectivity index (χ0n) is 87.7. The van der Waals surface area contributed by atoms with Crippen molar-refractivity contribution >= 4 is 39.8 Å². The van der Waals surface area contributed by atoms with Crippen LogP contribution in [0.5, 0.6) is 5.75 Å². The summed E-state index contributed by atoms with van der Waals surface area (Å²) in [7, 11) is 0. The van der Waals surface area contributed by atoms with E-state index < -0.39 is 0 Å². The summed E-state index contributed by atoms with van der Waals surface area (Å²) in [5, 5.41) is 2.29. The lowest BCUT2D eigenvalue weighted by atomic mass is 9.89. The van der Waals surface area contributed by atoms with Crippen molar-refractivity contribution in [2.45, 2.75) is 191 Å². The summed E-state index contributed by atoms with van der Waals surface area (Å²) < 4.78 is 145. The molecule has 0 atom stereocenters. The van der Waals surface area contributed by atoms with Crippen molar-refractivity contribution < 1.29 is 67.4 Å². The smallest absolute Gasteiger partial charge is 0.254 e. The molecule has 0 aliphatic heterocycles. The van der Waals surface area contributed by atoms with E-state index in [1.807, 2.05) is 195 Å². The molecule has 0 spiro atoms. The fourth-order valence-corrected chi connectivity index (χ4v) is 14.5. The van der Waals surface area contributed by atoms with Crippen molar-refractivity contribution in [3.05, 3.63) is 513 Å². The molecule has 0 saturated heterocycles. The molecule has 0 N–H and O–H groups in total. The summed E-state index contributed by atoms with van der Waals surface area (Å²) in [4.78, 5) is 35.3. The average molecular weight is 1990 g/mol. The Bertz CT molecular complexity index is 6380. The molecule has 16 aromatic rings. The molecule has 762 valence electrons. The second-order valence-corrected chi connectivity index (χ2v) is 36.2. The van der Waals surface area contributed by atoms with Crippen LogP contribution in [0, 0.1) is 195 Å². The van der Waals surface area contributed by atoms with Gasteiger partial charge in [-0.15, -0.1) is 0 Å². The molecule has 1 aliphatic rings. The van der Waals surface area contributed by atoms with Crippen molar-refractivity contribution in [2.24, 2.45) is 5.92 Å². The predicted molar refractivity (Wildman–Crippen MR) is 581 cm³/mol. The molecule has 145 heavy (non-hydrogen) atoms. The lowest BCUT2D eigenvalue weighted by molar-refractivity contribution is 0.0771. The number of rotatable bonds is 9. The molecule has 0 bridgehead atoms. The molecule has 1 amide bonds. The van der Waals surface area contributed by atoms with Crippen LogP contribution in [0.3, 0.4) is 0 Å². The largest absolute Gasteiger partial charge is 0.490 e. The monoisotopic (exact) mass is 1990 g/mol. The van der Waals surface area contributed by atoms with Gasteiger partial charge in [-0.1, -0.05) is 224 Å². The number of benzene rings is 16. The summed E-state index contributed by atoms with van der Waals surface area (Å²) in [5.74, 6) is -0.703. The van der Waals surface area contributed by atoms with Crippen LogP contribution in [-0.4, -0.2) is 41.6 Å². The fraction of sp³-hybridized carbons (Fsp3) is 0.242.